The Morgan fingerprint density at radius 2 is 1.93 bits per heavy atom. The van der Waals surface area contributed by atoms with E-state index in [1.165, 1.54) is 23.1 Å². The molecule has 0 aliphatic heterocycles. The Labute approximate surface area is 177 Å². The van der Waals surface area contributed by atoms with E-state index in [0.29, 0.717) is 35.4 Å². The van der Waals surface area contributed by atoms with Crippen molar-refractivity contribution in [3.8, 4) is 0 Å². The number of carbonyl (C=O) groups excluding carboxylic acids is 2. The summed E-state index contributed by atoms with van der Waals surface area (Å²) in [6, 6.07) is 11.0. The zero-order valence-corrected chi connectivity index (χ0v) is 17.9. The predicted octanol–water partition coefficient (Wildman–Crippen LogP) is 3.79. The summed E-state index contributed by atoms with van der Waals surface area (Å²) in [5.74, 6) is -0.0523. The Bertz CT molecular complexity index is 1090. The highest BCUT2D eigenvalue weighted by Crippen LogP contribution is 2.22. The van der Waals surface area contributed by atoms with E-state index < -0.39 is 0 Å². The number of hydrogen-bond donors (Lipinski definition) is 1. The highest BCUT2D eigenvalue weighted by atomic mass is 32.2. The number of ketones is 1. The van der Waals surface area contributed by atoms with Gasteiger partial charge in [0.25, 0.3) is 5.56 Å². The van der Waals surface area contributed by atoms with Crippen LogP contribution in [-0.4, -0.2) is 27.0 Å². The summed E-state index contributed by atoms with van der Waals surface area (Å²) in [5, 5.41) is 1.11. The van der Waals surface area contributed by atoms with Crippen LogP contribution in [0.5, 0.6) is 0 Å². The average Bonchev–Trinajstić information content (AvgIpc) is 3.14. The van der Waals surface area contributed by atoms with Crippen LogP contribution in [0.3, 0.4) is 0 Å². The van der Waals surface area contributed by atoms with E-state index in [-0.39, 0.29) is 23.0 Å². The number of aryl methyl sites for hydroxylation is 1. The molecule has 3 aromatic rings. The van der Waals surface area contributed by atoms with Crippen molar-refractivity contribution in [1.82, 2.24) is 9.55 Å². The molecule has 0 fully saturated rings. The van der Waals surface area contributed by atoms with Crippen molar-refractivity contribution in [3.63, 3.8) is 0 Å². The molecule has 0 saturated heterocycles. The van der Waals surface area contributed by atoms with Crippen LogP contribution in [0.4, 0.5) is 0 Å². The van der Waals surface area contributed by atoms with Crippen LogP contribution >= 0.6 is 23.1 Å². The molecule has 152 valence electrons. The second kappa shape index (κ2) is 9.84. The molecule has 0 saturated carbocycles. The number of Topliss-reactive ketones (excluding diaryl/α,β-unsaturated/α-hetero) is 1. The van der Waals surface area contributed by atoms with Gasteiger partial charge in [0.15, 0.2) is 10.9 Å². The lowest BCUT2D eigenvalue weighted by Crippen LogP contribution is -2.24. The maximum atomic E-state index is 13.0. The van der Waals surface area contributed by atoms with Crippen LogP contribution in [0.2, 0.25) is 0 Å². The quantitative estimate of drug-likeness (QED) is 0.229. The second-order valence-electron chi connectivity index (χ2n) is 6.77. The van der Waals surface area contributed by atoms with Gasteiger partial charge in [0.1, 0.15) is 0 Å². The SMILES string of the molecule is Cc1ccc(C(=O)CSc2nc3ccccc3c(=O)n2CCCCCC(N)=O)s1. The number of unbranched alkanes of at least 4 members (excludes halogenated alkanes) is 2. The van der Waals surface area contributed by atoms with Crippen molar-refractivity contribution >= 4 is 45.7 Å². The van der Waals surface area contributed by atoms with Crippen LogP contribution < -0.4 is 11.3 Å². The molecule has 0 bridgehead atoms. The van der Waals surface area contributed by atoms with E-state index in [4.69, 9.17) is 5.73 Å². The van der Waals surface area contributed by atoms with Crippen LogP contribution in [0, 0.1) is 6.92 Å². The molecule has 8 heteroatoms. The molecule has 0 aliphatic rings. The first-order chi connectivity index (χ1) is 14.0. The minimum Gasteiger partial charge on any atom is -0.370 e. The normalized spacial score (nSPS) is 11.1. The Kier molecular flexibility index (Phi) is 7.22. The van der Waals surface area contributed by atoms with Crippen LogP contribution in [0.15, 0.2) is 46.3 Å². The van der Waals surface area contributed by atoms with E-state index in [1.807, 2.05) is 37.3 Å². The Morgan fingerprint density at radius 3 is 2.66 bits per heavy atom. The fourth-order valence-corrected chi connectivity index (χ4v) is 4.79. The summed E-state index contributed by atoms with van der Waals surface area (Å²) in [6.45, 7) is 2.46. The van der Waals surface area contributed by atoms with Crippen molar-refractivity contribution in [1.29, 1.82) is 0 Å². The van der Waals surface area contributed by atoms with E-state index in [9.17, 15) is 14.4 Å². The fraction of sp³-hybridized carbons (Fsp3) is 0.333. The summed E-state index contributed by atoms with van der Waals surface area (Å²) in [5.41, 5.74) is 5.70. The van der Waals surface area contributed by atoms with Gasteiger partial charge < -0.3 is 5.73 Å². The van der Waals surface area contributed by atoms with Crippen molar-refractivity contribution in [2.45, 2.75) is 44.3 Å². The van der Waals surface area contributed by atoms with E-state index in [0.717, 1.165) is 22.6 Å². The molecule has 0 unspecified atom stereocenters. The van der Waals surface area contributed by atoms with Crippen molar-refractivity contribution in [2.75, 3.05) is 5.75 Å². The fourth-order valence-electron chi connectivity index (χ4n) is 2.99. The number of nitrogens with two attached hydrogens (primary N) is 1. The number of rotatable bonds is 10. The number of carbonyl (C=O) groups is 2. The first-order valence-electron chi connectivity index (χ1n) is 9.46. The van der Waals surface area contributed by atoms with Gasteiger partial charge in [0.2, 0.25) is 5.91 Å². The van der Waals surface area contributed by atoms with E-state index in [1.54, 1.807) is 10.6 Å². The molecule has 0 aliphatic carbocycles. The maximum absolute atomic E-state index is 13.0. The first kappa shape index (κ1) is 21.3. The second-order valence-corrected chi connectivity index (χ2v) is 9.00. The summed E-state index contributed by atoms with van der Waals surface area (Å²) in [4.78, 5) is 42.8. The third-order valence-electron chi connectivity index (χ3n) is 4.48. The van der Waals surface area contributed by atoms with Crippen molar-refractivity contribution in [3.05, 3.63) is 56.5 Å². The number of para-hydroxylation sites is 1. The summed E-state index contributed by atoms with van der Waals surface area (Å²) >= 11 is 2.76. The van der Waals surface area contributed by atoms with Gasteiger partial charge in [-0.1, -0.05) is 30.3 Å². The molecule has 29 heavy (non-hydrogen) atoms. The number of amides is 1. The van der Waals surface area contributed by atoms with E-state index >= 15 is 0 Å². The molecule has 2 N–H and O–H groups in total. The molecule has 1 aromatic carbocycles. The van der Waals surface area contributed by atoms with E-state index in [2.05, 4.69) is 4.98 Å². The molecule has 3 rings (SSSR count). The highest BCUT2D eigenvalue weighted by molar-refractivity contribution is 7.99. The predicted molar refractivity (Wildman–Crippen MR) is 118 cm³/mol. The highest BCUT2D eigenvalue weighted by Gasteiger charge is 2.15. The van der Waals surface area contributed by atoms with Crippen molar-refractivity contribution < 1.29 is 9.59 Å². The van der Waals surface area contributed by atoms with Gasteiger partial charge >= 0.3 is 0 Å². The zero-order valence-electron chi connectivity index (χ0n) is 16.2. The van der Waals surface area contributed by atoms with Crippen LogP contribution in [-0.2, 0) is 11.3 Å². The standard InChI is InChI=1S/C21H23N3O3S2/c1-14-10-11-18(29-14)17(25)13-28-21-23-16-8-5-4-7-15(16)20(27)24(21)12-6-2-3-9-19(22)26/h4-5,7-8,10-11H,2-3,6,9,12-13H2,1H3,(H2,22,26). The van der Waals surface area contributed by atoms with Crippen LogP contribution in [0.1, 0.15) is 40.2 Å². The third kappa shape index (κ3) is 5.55. The summed E-state index contributed by atoms with van der Waals surface area (Å²) in [6.07, 6.45) is 2.57. The lowest BCUT2D eigenvalue weighted by atomic mass is 10.2. The Hall–Kier alpha value is -2.45. The van der Waals surface area contributed by atoms with Gasteiger partial charge in [0.05, 0.1) is 21.5 Å². The number of nitrogens with zero attached hydrogens (tertiary/aromatic N) is 2. The van der Waals surface area contributed by atoms with Gasteiger partial charge in [-0.15, -0.1) is 11.3 Å². The van der Waals surface area contributed by atoms with Crippen molar-refractivity contribution in [2.24, 2.45) is 5.73 Å². The zero-order chi connectivity index (χ0) is 20.8. The maximum Gasteiger partial charge on any atom is 0.262 e. The smallest absolute Gasteiger partial charge is 0.262 e. The lowest BCUT2D eigenvalue weighted by molar-refractivity contribution is -0.118. The number of primary amides is 1. The number of aromatic nitrogens is 2. The first-order valence-corrected chi connectivity index (χ1v) is 11.3. The average molecular weight is 430 g/mol. The third-order valence-corrected chi connectivity index (χ3v) is 6.50. The van der Waals surface area contributed by atoms with Crippen LogP contribution in [0.25, 0.3) is 10.9 Å². The molecule has 2 heterocycles. The lowest BCUT2D eigenvalue weighted by Gasteiger charge is -2.12. The molecule has 0 spiro atoms. The molecule has 2 aromatic heterocycles. The number of hydrogen-bond acceptors (Lipinski definition) is 6. The molecule has 0 atom stereocenters. The van der Waals surface area contributed by atoms with Gasteiger partial charge in [-0.2, -0.15) is 0 Å². The number of fused-ring (bicyclic) bond motifs is 1. The topological polar surface area (TPSA) is 95.1 Å². The Morgan fingerprint density at radius 1 is 1.14 bits per heavy atom. The minimum atomic E-state index is -0.312. The van der Waals surface area contributed by atoms with Gasteiger partial charge in [-0.3, -0.25) is 19.0 Å². The molecular weight excluding hydrogens is 406 g/mol. The molecular formula is C21H23N3O3S2. The number of thiophene rings is 1. The Balaban J connectivity index is 1.79. The van der Waals surface area contributed by atoms with Gasteiger partial charge in [0, 0.05) is 17.8 Å². The largest absolute Gasteiger partial charge is 0.370 e. The molecule has 1 amide bonds. The molecule has 0 radical (unpaired) electrons. The summed E-state index contributed by atoms with van der Waals surface area (Å²) < 4.78 is 1.64. The number of benzene rings is 1. The minimum absolute atomic E-state index is 0.0310. The van der Waals surface area contributed by atoms with Gasteiger partial charge in [-0.05, 0) is 44.0 Å². The molecule has 6 nitrogen and oxygen atoms in total. The monoisotopic (exact) mass is 429 g/mol. The van der Waals surface area contributed by atoms with Gasteiger partial charge in [-0.25, -0.2) is 4.98 Å². The summed E-state index contributed by atoms with van der Waals surface area (Å²) in [7, 11) is 0. The number of thioether (sulfide) groups is 1.